The number of esters is 1. The Balaban J connectivity index is 1.34. The van der Waals surface area contributed by atoms with Gasteiger partial charge in [0, 0.05) is 9.77 Å². The Morgan fingerprint density at radius 2 is 2.04 bits per heavy atom. The molecule has 1 aromatic heterocycles. The van der Waals surface area contributed by atoms with Crippen molar-refractivity contribution in [2.24, 2.45) is 5.73 Å². The summed E-state index contributed by atoms with van der Waals surface area (Å²) in [7, 11) is 0. The number of nitrogens with one attached hydrogen (secondary N) is 1. The summed E-state index contributed by atoms with van der Waals surface area (Å²) in [6, 6.07) is 7.84. The van der Waals surface area contributed by atoms with E-state index in [9.17, 15) is 14.4 Å². The van der Waals surface area contributed by atoms with Crippen molar-refractivity contribution < 1.29 is 19.1 Å². The molecule has 2 aliphatic rings. The number of nitrogens with two attached hydrogens (primary N) is 1. The molecular formula is C19H18N2O4S2. The summed E-state index contributed by atoms with van der Waals surface area (Å²) in [6.45, 7) is -0.382. The fourth-order valence-electron chi connectivity index (χ4n) is 3.46. The van der Waals surface area contributed by atoms with Gasteiger partial charge in [-0.2, -0.15) is 0 Å². The van der Waals surface area contributed by atoms with Crippen LogP contribution in [0.3, 0.4) is 0 Å². The average molecular weight is 402 g/mol. The molecular weight excluding hydrogens is 384 g/mol. The minimum atomic E-state index is -0.540. The Bertz CT molecular complexity index is 913. The van der Waals surface area contributed by atoms with Crippen molar-refractivity contribution in [3.63, 3.8) is 0 Å². The first kappa shape index (κ1) is 18.1. The van der Waals surface area contributed by atoms with Crippen LogP contribution in [0.4, 0.5) is 5.00 Å². The van der Waals surface area contributed by atoms with Crippen LogP contribution in [0.25, 0.3) is 0 Å². The van der Waals surface area contributed by atoms with E-state index in [4.69, 9.17) is 10.5 Å². The molecule has 1 aliphatic heterocycles. The number of ether oxygens (including phenoxy) is 1. The van der Waals surface area contributed by atoms with E-state index in [0.29, 0.717) is 17.0 Å². The van der Waals surface area contributed by atoms with Crippen LogP contribution in [0.5, 0.6) is 0 Å². The van der Waals surface area contributed by atoms with Crippen LogP contribution in [0, 0.1) is 0 Å². The van der Waals surface area contributed by atoms with Crippen LogP contribution >= 0.6 is 23.1 Å². The smallest absolute Gasteiger partial charge is 0.320 e. The van der Waals surface area contributed by atoms with E-state index >= 15 is 0 Å². The SMILES string of the molecule is NC(=O)c1c(NC(=O)COC(=O)C2Cc3ccccc3S2)sc2c1CCC2. The number of thioether (sulfide) groups is 1. The first-order valence-corrected chi connectivity index (χ1v) is 10.4. The van der Waals surface area contributed by atoms with E-state index in [1.54, 1.807) is 0 Å². The number of hydrogen-bond acceptors (Lipinski definition) is 6. The summed E-state index contributed by atoms with van der Waals surface area (Å²) < 4.78 is 5.19. The lowest BCUT2D eigenvalue weighted by Crippen LogP contribution is -2.26. The van der Waals surface area contributed by atoms with Crippen molar-refractivity contribution in [2.75, 3.05) is 11.9 Å². The fourth-order valence-corrected chi connectivity index (χ4v) is 5.96. The molecule has 2 aromatic rings. The lowest BCUT2D eigenvalue weighted by Gasteiger charge is -2.10. The molecule has 6 nitrogen and oxygen atoms in total. The van der Waals surface area contributed by atoms with Gasteiger partial charge in [0.25, 0.3) is 11.8 Å². The molecule has 4 rings (SSSR count). The van der Waals surface area contributed by atoms with Crippen molar-refractivity contribution >= 4 is 45.9 Å². The zero-order chi connectivity index (χ0) is 19.0. The maximum atomic E-state index is 12.3. The van der Waals surface area contributed by atoms with Gasteiger partial charge in [-0.3, -0.25) is 14.4 Å². The van der Waals surface area contributed by atoms with Crippen molar-refractivity contribution in [2.45, 2.75) is 35.8 Å². The zero-order valence-electron chi connectivity index (χ0n) is 14.4. The van der Waals surface area contributed by atoms with Gasteiger partial charge >= 0.3 is 5.97 Å². The number of carbonyl (C=O) groups excluding carboxylic acids is 3. The summed E-state index contributed by atoms with van der Waals surface area (Å²) in [5.74, 6) is -1.41. The van der Waals surface area contributed by atoms with E-state index in [1.165, 1.54) is 23.1 Å². The topological polar surface area (TPSA) is 98.5 Å². The molecule has 2 heterocycles. The third-order valence-corrected chi connectivity index (χ3v) is 7.18. The highest BCUT2D eigenvalue weighted by Gasteiger charge is 2.30. The van der Waals surface area contributed by atoms with Gasteiger partial charge < -0.3 is 15.8 Å². The van der Waals surface area contributed by atoms with Crippen LogP contribution in [-0.4, -0.2) is 29.6 Å². The Hall–Kier alpha value is -2.32. The molecule has 2 amide bonds. The standard InChI is InChI=1S/C19H18N2O4S2/c20-17(23)16-11-5-3-7-13(11)27-18(16)21-15(22)9-25-19(24)14-8-10-4-1-2-6-12(10)26-14/h1-2,4,6,14H,3,5,7-9H2,(H2,20,23)(H,21,22). The van der Waals surface area contributed by atoms with Crippen molar-refractivity contribution in [3.05, 3.63) is 45.8 Å². The average Bonchev–Trinajstić information content (AvgIpc) is 3.32. The summed E-state index contributed by atoms with van der Waals surface area (Å²) in [5, 5.41) is 2.80. The van der Waals surface area contributed by atoms with Gasteiger partial charge in [-0.25, -0.2) is 0 Å². The molecule has 0 bridgehead atoms. The van der Waals surface area contributed by atoms with Gasteiger partial charge in [-0.15, -0.1) is 23.1 Å². The van der Waals surface area contributed by atoms with Crippen LogP contribution in [-0.2, 0) is 33.6 Å². The molecule has 1 aromatic carbocycles. The predicted molar refractivity (Wildman–Crippen MR) is 104 cm³/mol. The monoisotopic (exact) mass is 402 g/mol. The molecule has 1 aliphatic carbocycles. The van der Waals surface area contributed by atoms with Crippen molar-refractivity contribution in [3.8, 4) is 0 Å². The minimum absolute atomic E-state index is 0.332. The predicted octanol–water partition coefficient (Wildman–Crippen LogP) is 2.53. The van der Waals surface area contributed by atoms with E-state index < -0.39 is 17.8 Å². The van der Waals surface area contributed by atoms with Gasteiger partial charge in [0.05, 0.1) is 5.56 Å². The van der Waals surface area contributed by atoms with Crippen LogP contribution in [0.15, 0.2) is 29.2 Å². The number of rotatable bonds is 5. The Morgan fingerprint density at radius 1 is 1.22 bits per heavy atom. The third-order valence-electron chi connectivity index (χ3n) is 4.68. The lowest BCUT2D eigenvalue weighted by molar-refractivity contribution is -0.146. The highest BCUT2D eigenvalue weighted by atomic mass is 32.2. The second-order valence-corrected chi connectivity index (χ2v) is 8.85. The fraction of sp³-hybridized carbons (Fsp3) is 0.316. The highest BCUT2D eigenvalue weighted by Crippen LogP contribution is 2.39. The van der Waals surface area contributed by atoms with Gasteiger partial charge in [0.1, 0.15) is 10.3 Å². The highest BCUT2D eigenvalue weighted by molar-refractivity contribution is 8.01. The largest absolute Gasteiger partial charge is 0.455 e. The molecule has 140 valence electrons. The molecule has 8 heteroatoms. The summed E-state index contributed by atoms with van der Waals surface area (Å²) in [4.78, 5) is 38.4. The zero-order valence-corrected chi connectivity index (χ0v) is 16.1. The summed E-state index contributed by atoms with van der Waals surface area (Å²) in [6.07, 6.45) is 3.29. The molecule has 1 atom stereocenters. The first-order chi connectivity index (χ1) is 13.0. The Kier molecular flexibility index (Phi) is 4.92. The van der Waals surface area contributed by atoms with Gasteiger partial charge in [0.15, 0.2) is 6.61 Å². The summed E-state index contributed by atoms with van der Waals surface area (Å²) >= 11 is 2.84. The van der Waals surface area contributed by atoms with Crippen LogP contribution < -0.4 is 11.1 Å². The van der Waals surface area contributed by atoms with Crippen molar-refractivity contribution in [1.29, 1.82) is 0 Å². The van der Waals surface area contributed by atoms with Gasteiger partial charge in [-0.05, 0) is 42.9 Å². The van der Waals surface area contributed by atoms with E-state index in [-0.39, 0.29) is 11.9 Å². The number of hydrogen-bond donors (Lipinski definition) is 2. The lowest BCUT2D eigenvalue weighted by atomic mass is 10.1. The molecule has 0 fully saturated rings. The Labute approximate surface area is 164 Å². The normalized spacial score (nSPS) is 17.3. The first-order valence-electron chi connectivity index (χ1n) is 8.68. The molecule has 3 N–H and O–H groups in total. The molecule has 0 saturated carbocycles. The maximum absolute atomic E-state index is 12.3. The van der Waals surface area contributed by atoms with Gasteiger partial charge in [0.2, 0.25) is 0 Å². The van der Waals surface area contributed by atoms with E-state index in [0.717, 1.165) is 40.2 Å². The third kappa shape index (κ3) is 3.59. The molecule has 0 spiro atoms. The van der Waals surface area contributed by atoms with Crippen LogP contribution in [0.1, 0.15) is 32.8 Å². The number of amides is 2. The quantitative estimate of drug-likeness (QED) is 0.749. The van der Waals surface area contributed by atoms with E-state index in [2.05, 4.69) is 5.32 Å². The summed E-state index contributed by atoms with van der Waals surface area (Å²) in [5.41, 5.74) is 7.94. The number of carbonyl (C=O) groups is 3. The number of fused-ring (bicyclic) bond motifs is 2. The van der Waals surface area contributed by atoms with Gasteiger partial charge in [-0.1, -0.05) is 18.2 Å². The minimum Gasteiger partial charge on any atom is -0.455 e. The molecule has 27 heavy (non-hydrogen) atoms. The van der Waals surface area contributed by atoms with E-state index in [1.807, 2.05) is 24.3 Å². The number of thiophene rings is 1. The second kappa shape index (κ2) is 7.36. The number of anilines is 1. The molecule has 1 unspecified atom stereocenters. The number of primary amides is 1. The second-order valence-electron chi connectivity index (χ2n) is 6.50. The molecule has 0 radical (unpaired) electrons. The van der Waals surface area contributed by atoms with Crippen LogP contribution in [0.2, 0.25) is 0 Å². The molecule has 0 saturated heterocycles. The van der Waals surface area contributed by atoms with Crippen molar-refractivity contribution in [1.82, 2.24) is 0 Å². The number of benzene rings is 1. The maximum Gasteiger partial charge on any atom is 0.320 e. The Morgan fingerprint density at radius 3 is 2.81 bits per heavy atom. The number of aryl methyl sites for hydroxylation is 1.